The van der Waals surface area contributed by atoms with Gasteiger partial charge in [0.1, 0.15) is 0 Å². The number of alkyl halides is 2. The smallest absolute Gasteiger partial charge is 0.294 e. The van der Waals surface area contributed by atoms with E-state index in [9.17, 15) is 8.78 Å². The maximum absolute atomic E-state index is 13.0. The van der Waals surface area contributed by atoms with Crippen LogP contribution in [0.1, 0.15) is 18.4 Å². The third-order valence-electron chi connectivity index (χ3n) is 2.49. The Morgan fingerprint density at radius 1 is 1.24 bits per heavy atom. The molecule has 0 amide bonds. The van der Waals surface area contributed by atoms with Gasteiger partial charge in [0, 0.05) is 6.54 Å². The first-order chi connectivity index (χ1) is 8.16. The molecule has 1 fully saturated rings. The van der Waals surface area contributed by atoms with E-state index in [-0.39, 0.29) is 19.1 Å². The molecule has 0 unspecified atom stereocenters. The molecule has 17 heavy (non-hydrogen) atoms. The summed E-state index contributed by atoms with van der Waals surface area (Å²) in [5.74, 6) is 0.276. The monoisotopic (exact) mass is 243 g/mol. The van der Waals surface area contributed by atoms with Crippen molar-refractivity contribution >= 4 is 0 Å². The molecule has 0 bridgehead atoms. The highest BCUT2D eigenvalue weighted by molar-refractivity contribution is 5.13. The Morgan fingerprint density at radius 3 is 2.59 bits per heavy atom. The number of ether oxygens (including phenoxy) is 1. The quantitative estimate of drug-likeness (QED) is 0.590. The standard InChI is InChI=1S/C12H15F2NO2/c13-12(14,16-9-11-6-7-11)17-15-8-10-4-2-1-3-5-10/h1-5,11,15H,6-9H2. The Morgan fingerprint density at radius 2 is 1.94 bits per heavy atom. The summed E-state index contributed by atoms with van der Waals surface area (Å²) in [5.41, 5.74) is 3.08. The van der Waals surface area contributed by atoms with E-state index in [0.717, 1.165) is 18.4 Å². The van der Waals surface area contributed by atoms with Crippen molar-refractivity contribution in [3.05, 3.63) is 35.9 Å². The molecule has 1 aliphatic rings. The van der Waals surface area contributed by atoms with E-state index in [0.29, 0.717) is 0 Å². The Labute approximate surface area is 98.7 Å². The van der Waals surface area contributed by atoms with Crippen LogP contribution in [0.3, 0.4) is 0 Å². The first kappa shape index (κ1) is 12.4. The zero-order valence-corrected chi connectivity index (χ0v) is 9.36. The second kappa shape index (κ2) is 5.53. The van der Waals surface area contributed by atoms with E-state index >= 15 is 0 Å². The number of benzene rings is 1. The van der Waals surface area contributed by atoms with Crippen LogP contribution in [0.4, 0.5) is 8.78 Å². The molecule has 0 atom stereocenters. The van der Waals surface area contributed by atoms with Gasteiger partial charge >= 0.3 is 6.29 Å². The minimum absolute atomic E-state index is 0.0556. The molecule has 1 aromatic rings. The molecule has 94 valence electrons. The molecule has 1 N–H and O–H groups in total. The third-order valence-corrected chi connectivity index (χ3v) is 2.49. The molecule has 0 radical (unpaired) electrons. The van der Waals surface area contributed by atoms with Gasteiger partial charge in [-0.1, -0.05) is 30.3 Å². The Kier molecular flexibility index (Phi) is 4.04. The van der Waals surface area contributed by atoms with Gasteiger partial charge in [-0.05, 0) is 24.3 Å². The molecule has 0 aromatic heterocycles. The van der Waals surface area contributed by atoms with Crippen molar-refractivity contribution in [2.24, 2.45) is 5.92 Å². The summed E-state index contributed by atoms with van der Waals surface area (Å²) in [6.45, 7) is 0.267. The summed E-state index contributed by atoms with van der Waals surface area (Å²) in [4.78, 5) is 4.21. The molecule has 2 rings (SSSR count). The van der Waals surface area contributed by atoms with E-state index in [4.69, 9.17) is 0 Å². The predicted octanol–water partition coefficient (Wildman–Crippen LogP) is 2.68. The molecule has 0 saturated heterocycles. The average Bonchev–Trinajstić information content (AvgIpc) is 3.12. The Balaban J connectivity index is 1.65. The van der Waals surface area contributed by atoms with Gasteiger partial charge < -0.3 is 0 Å². The molecule has 0 heterocycles. The van der Waals surface area contributed by atoms with Crippen molar-refractivity contribution in [1.29, 1.82) is 0 Å². The van der Waals surface area contributed by atoms with E-state index in [1.165, 1.54) is 0 Å². The van der Waals surface area contributed by atoms with Crippen LogP contribution < -0.4 is 5.48 Å². The van der Waals surface area contributed by atoms with Crippen LogP contribution in [-0.4, -0.2) is 12.9 Å². The number of rotatable bonds is 7. The lowest BCUT2D eigenvalue weighted by atomic mass is 10.2. The van der Waals surface area contributed by atoms with Crippen molar-refractivity contribution in [1.82, 2.24) is 5.48 Å². The minimum Gasteiger partial charge on any atom is -0.294 e. The van der Waals surface area contributed by atoms with E-state index in [1.54, 1.807) is 0 Å². The van der Waals surface area contributed by atoms with E-state index in [2.05, 4.69) is 15.1 Å². The summed E-state index contributed by atoms with van der Waals surface area (Å²) in [6, 6.07) is 9.16. The largest absolute Gasteiger partial charge is 0.501 e. The van der Waals surface area contributed by atoms with Gasteiger partial charge in [0.05, 0.1) is 6.61 Å². The zero-order valence-electron chi connectivity index (χ0n) is 9.36. The molecule has 5 heteroatoms. The first-order valence-corrected chi connectivity index (χ1v) is 5.62. The summed E-state index contributed by atoms with van der Waals surface area (Å²) in [7, 11) is 0. The number of halogens is 2. The van der Waals surface area contributed by atoms with E-state index < -0.39 is 6.29 Å². The predicted molar refractivity (Wildman–Crippen MR) is 58.0 cm³/mol. The summed E-state index contributed by atoms with van der Waals surface area (Å²) in [6.07, 6.45) is -1.63. The maximum atomic E-state index is 13.0. The molecule has 1 saturated carbocycles. The summed E-state index contributed by atoms with van der Waals surface area (Å²) in [5, 5.41) is 0. The zero-order chi connectivity index (χ0) is 12.1. The molecular formula is C12H15F2NO2. The van der Waals surface area contributed by atoms with Crippen molar-refractivity contribution in [2.45, 2.75) is 25.7 Å². The topological polar surface area (TPSA) is 30.5 Å². The SMILES string of the molecule is FC(F)(OCC1CC1)ONCc1ccccc1. The number of nitrogens with one attached hydrogen (secondary N) is 1. The van der Waals surface area contributed by atoms with Gasteiger partial charge in [-0.3, -0.25) is 4.74 Å². The van der Waals surface area contributed by atoms with Gasteiger partial charge in [0.15, 0.2) is 0 Å². The molecule has 1 aromatic carbocycles. The number of hydrogen-bond acceptors (Lipinski definition) is 3. The fraction of sp³-hybridized carbons (Fsp3) is 0.500. The molecule has 0 aliphatic heterocycles. The van der Waals surface area contributed by atoms with Crippen LogP contribution in [0, 0.1) is 5.92 Å². The Bertz CT molecular complexity index is 342. The summed E-state index contributed by atoms with van der Waals surface area (Å²) >= 11 is 0. The van der Waals surface area contributed by atoms with Crippen molar-refractivity contribution in [3.8, 4) is 0 Å². The van der Waals surface area contributed by atoms with Crippen molar-refractivity contribution in [3.63, 3.8) is 0 Å². The maximum Gasteiger partial charge on any atom is 0.501 e. The first-order valence-electron chi connectivity index (χ1n) is 5.62. The van der Waals surface area contributed by atoms with Crippen LogP contribution in [0.5, 0.6) is 0 Å². The van der Waals surface area contributed by atoms with Gasteiger partial charge in [-0.2, -0.15) is 5.48 Å². The van der Waals surface area contributed by atoms with Crippen LogP contribution >= 0.6 is 0 Å². The number of hydrogen-bond donors (Lipinski definition) is 1. The average molecular weight is 243 g/mol. The van der Waals surface area contributed by atoms with Gasteiger partial charge in [-0.25, -0.2) is 4.84 Å². The second-order valence-electron chi connectivity index (χ2n) is 4.13. The minimum atomic E-state index is -3.56. The van der Waals surface area contributed by atoms with Crippen molar-refractivity contribution in [2.75, 3.05) is 6.61 Å². The second-order valence-corrected chi connectivity index (χ2v) is 4.13. The third kappa shape index (κ3) is 4.77. The fourth-order valence-corrected chi connectivity index (χ4v) is 1.33. The highest BCUT2D eigenvalue weighted by atomic mass is 19.3. The van der Waals surface area contributed by atoms with Crippen LogP contribution in [0.25, 0.3) is 0 Å². The van der Waals surface area contributed by atoms with Gasteiger partial charge in [0.25, 0.3) is 0 Å². The summed E-state index contributed by atoms with van der Waals surface area (Å²) < 4.78 is 30.4. The normalized spacial score (nSPS) is 16.1. The molecule has 0 spiro atoms. The van der Waals surface area contributed by atoms with Gasteiger partial charge in [-0.15, -0.1) is 8.78 Å². The van der Waals surface area contributed by atoms with Crippen molar-refractivity contribution < 1.29 is 18.4 Å². The lowest BCUT2D eigenvalue weighted by molar-refractivity contribution is -0.414. The highest BCUT2D eigenvalue weighted by Crippen LogP contribution is 2.31. The Hall–Kier alpha value is -1.04. The van der Waals surface area contributed by atoms with Crippen LogP contribution in [0.15, 0.2) is 30.3 Å². The van der Waals surface area contributed by atoms with Crippen LogP contribution in [-0.2, 0) is 16.1 Å². The molecule has 1 aliphatic carbocycles. The molecular weight excluding hydrogens is 228 g/mol. The fourth-order valence-electron chi connectivity index (χ4n) is 1.33. The highest BCUT2D eigenvalue weighted by Gasteiger charge is 2.35. The lowest BCUT2D eigenvalue weighted by Gasteiger charge is -2.16. The lowest BCUT2D eigenvalue weighted by Crippen LogP contribution is -2.32. The molecule has 3 nitrogen and oxygen atoms in total. The van der Waals surface area contributed by atoms with E-state index in [1.807, 2.05) is 30.3 Å². The number of hydroxylamine groups is 1. The van der Waals surface area contributed by atoms with Crippen LogP contribution in [0.2, 0.25) is 0 Å². The van der Waals surface area contributed by atoms with Gasteiger partial charge in [0.2, 0.25) is 0 Å².